The molecule has 6 nitrogen and oxygen atoms in total. The molecular formula is C25H24N4O2. The Morgan fingerprint density at radius 2 is 1.84 bits per heavy atom. The molecule has 0 bridgehead atoms. The van der Waals surface area contributed by atoms with E-state index in [2.05, 4.69) is 17.9 Å². The summed E-state index contributed by atoms with van der Waals surface area (Å²) in [5.41, 5.74) is 3.12. The lowest BCUT2D eigenvalue weighted by atomic mass is 9.75. The highest BCUT2D eigenvalue weighted by molar-refractivity contribution is 5.95. The fourth-order valence-electron chi connectivity index (χ4n) is 4.88. The number of hydrogen-bond donors (Lipinski definition) is 0. The summed E-state index contributed by atoms with van der Waals surface area (Å²) in [5, 5.41) is 10.7. The lowest BCUT2D eigenvalue weighted by molar-refractivity contribution is 0.259. The maximum Gasteiger partial charge on any atom is 0.270 e. The van der Waals surface area contributed by atoms with Crippen molar-refractivity contribution in [2.75, 3.05) is 18.0 Å². The summed E-state index contributed by atoms with van der Waals surface area (Å²) < 4.78 is 7.72. The van der Waals surface area contributed by atoms with Crippen LogP contribution in [0.25, 0.3) is 22.0 Å². The second-order valence-corrected chi connectivity index (χ2v) is 8.32. The number of benzene rings is 2. The van der Waals surface area contributed by atoms with Crippen molar-refractivity contribution in [1.29, 1.82) is 5.26 Å². The van der Waals surface area contributed by atoms with Crippen molar-refractivity contribution in [2.24, 2.45) is 7.05 Å². The molecule has 0 radical (unpaired) electrons. The van der Waals surface area contributed by atoms with Crippen LogP contribution in [0.3, 0.4) is 0 Å². The Bertz CT molecular complexity index is 1350. The van der Waals surface area contributed by atoms with Crippen molar-refractivity contribution in [3.05, 3.63) is 70.3 Å². The van der Waals surface area contributed by atoms with Gasteiger partial charge in [-0.05, 0) is 37.5 Å². The van der Waals surface area contributed by atoms with Gasteiger partial charge in [0, 0.05) is 25.5 Å². The molecule has 2 aromatic heterocycles. The van der Waals surface area contributed by atoms with Gasteiger partial charge < -0.3 is 13.9 Å². The summed E-state index contributed by atoms with van der Waals surface area (Å²) in [4.78, 5) is 19.9. The van der Waals surface area contributed by atoms with Gasteiger partial charge in [-0.2, -0.15) is 5.26 Å². The number of aryl methyl sites for hydroxylation is 1. The molecule has 0 atom stereocenters. The molecule has 0 aliphatic carbocycles. The number of para-hydroxylation sites is 3. The third-order valence-corrected chi connectivity index (χ3v) is 6.85. The summed E-state index contributed by atoms with van der Waals surface area (Å²) in [5.74, 6) is 0.796. The summed E-state index contributed by atoms with van der Waals surface area (Å²) in [6, 6.07) is 17.8. The molecule has 31 heavy (non-hydrogen) atoms. The van der Waals surface area contributed by atoms with Gasteiger partial charge in [-0.25, -0.2) is 4.98 Å². The molecule has 1 aliphatic heterocycles. The number of anilines is 1. The van der Waals surface area contributed by atoms with Crippen LogP contribution in [0.1, 0.15) is 37.6 Å². The molecule has 1 aliphatic rings. The standard InChI is InChI=1S/C25H24N4O2/c1-3-25(24-27-19-9-5-7-11-21(19)31-24)12-14-29(15-13-25)22-17-8-4-6-10-20(17)28(2)23(30)18(22)16-26/h4-11H,3,12-15H2,1-2H3. The Balaban J connectivity index is 1.55. The Morgan fingerprint density at radius 3 is 2.55 bits per heavy atom. The first kappa shape index (κ1) is 19.4. The molecule has 1 fully saturated rings. The largest absolute Gasteiger partial charge is 0.440 e. The molecule has 0 spiro atoms. The number of piperidine rings is 1. The van der Waals surface area contributed by atoms with Crippen molar-refractivity contribution in [3.63, 3.8) is 0 Å². The Labute approximate surface area is 180 Å². The van der Waals surface area contributed by atoms with Crippen LogP contribution in [0.2, 0.25) is 0 Å². The summed E-state index contributed by atoms with van der Waals surface area (Å²) in [7, 11) is 1.72. The van der Waals surface area contributed by atoms with Crippen molar-refractivity contribution in [3.8, 4) is 6.07 Å². The van der Waals surface area contributed by atoms with Gasteiger partial charge in [-0.3, -0.25) is 4.79 Å². The first-order chi connectivity index (χ1) is 15.1. The summed E-state index contributed by atoms with van der Waals surface area (Å²) in [6.45, 7) is 3.65. The lowest BCUT2D eigenvalue weighted by Crippen LogP contribution is -2.43. The summed E-state index contributed by atoms with van der Waals surface area (Å²) >= 11 is 0. The van der Waals surface area contributed by atoms with Crippen LogP contribution < -0.4 is 10.5 Å². The van der Waals surface area contributed by atoms with Crippen LogP contribution in [0.5, 0.6) is 0 Å². The molecule has 156 valence electrons. The highest BCUT2D eigenvalue weighted by Gasteiger charge is 2.40. The van der Waals surface area contributed by atoms with Crippen molar-refractivity contribution in [1.82, 2.24) is 9.55 Å². The van der Waals surface area contributed by atoms with Crippen molar-refractivity contribution in [2.45, 2.75) is 31.6 Å². The fraction of sp³-hybridized carbons (Fsp3) is 0.320. The smallest absolute Gasteiger partial charge is 0.270 e. The Morgan fingerprint density at radius 1 is 1.13 bits per heavy atom. The van der Waals surface area contributed by atoms with Gasteiger partial charge in [-0.15, -0.1) is 0 Å². The van der Waals surface area contributed by atoms with E-state index in [1.807, 2.05) is 48.5 Å². The first-order valence-corrected chi connectivity index (χ1v) is 10.7. The maximum atomic E-state index is 12.9. The minimum Gasteiger partial charge on any atom is -0.440 e. The number of nitriles is 1. The molecule has 5 rings (SSSR count). The van der Waals surface area contributed by atoms with Gasteiger partial charge in [0.25, 0.3) is 5.56 Å². The van der Waals surface area contributed by atoms with Crippen LogP contribution in [-0.4, -0.2) is 22.6 Å². The quantitative estimate of drug-likeness (QED) is 0.495. The molecule has 0 N–H and O–H groups in total. The van der Waals surface area contributed by atoms with Gasteiger partial charge in [0.2, 0.25) is 5.89 Å². The molecule has 4 aromatic rings. The second-order valence-electron chi connectivity index (χ2n) is 8.32. The SMILES string of the molecule is CCC1(c2nc3ccccc3o2)CCN(c2c(C#N)c(=O)n(C)c3ccccc23)CC1. The molecule has 0 unspecified atom stereocenters. The topological polar surface area (TPSA) is 75.1 Å². The van der Waals surface area contributed by atoms with E-state index in [9.17, 15) is 10.1 Å². The molecule has 3 heterocycles. The number of rotatable bonds is 3. The number of nitrogens with zero attached hydrogens (tertiary/aromatic N) is 4. The van der Waals surface area contributed by atoms with E-state index >= 15 is 0 Å². The minimum atomic E-state index is -0.248. The zero-order valence-electron chi connectivity index (χ0n) is 17.8. The second kappa shape index (κ2) is 7.28. The number of pyridine rings is 1. The molecule has 0 saturated carbocycles. The summed E-state index contributed by atoms with van der Waals surface area (Å²) in [6.07, 6.45) is 2.63. The zero-order chi connectivity index (χ0) is 21.6. The van der Waals surface area contributed by atoms with Gasteiger partial charge in [0.1, 0.15) is 17.1 Å². The predicted octanol–water partition coefficient (Wildman–Crippen LogP) is 4.50. The van der Waals surface area contributed by atoms with Crippen LogP contribution >= 0.6 is 0 Å². The third-order valence-electron chi connectivity index (χ3n) is 6.85. The number of aromatic nitrogens is 2. The van der Waals surface area contributed by atoms with E-state index in [1.54, 1.807) is 11.6 Å². The first-order valence-electron chi connectivity index (χ1n) is 10.7. The van der Waals surface area contributed by atoms with Crippen molar-refractivity contribution >= 4 is 27.7 Å². The highest BCUT2D eigenvalue weighted by Crippen LogP contribution is 2.41. The van der Waals surface area contributed by atoms with Crippen LogP contribution in [0.15, 0.2) is 57.7 Å². The van der Waals surface area contributed by atoms with E-state index in [-0.39, 0.29) is 16.5 Å². The Kier molecular flexibility index (Phi) is 4.55. The molecule has 0 amide bonds. The minimum absolute atomic E-state index is 0.141. The van der Waals surface area contributed by atoms with E-state index in [0.717, 1.165) is 65.9 Å². The molecular weight excluding hydrogens is 388 g/mol. The van der Waals surface area contributed by atoms with E-state index in [0.29, 0.717) is 0 Å². The van der Waals surface area contributed by atoms with Crippen LogP contribution in [-0.2, 0) is 12.5 Å². The number of hydrogen-bond acceptors (Lipinski definition) is 5. The Hall–Kier alpha value is -3.59. The van der Waals surface area contributed by atoms with Gasteiger partial charge in [0.15, 0.2) is 5.58 Å². The van der Waals surface area contributed by atoms with Gasteiger partial charge in [-0.1, -0.05) is 37.3 Å². The van der Waals surface area contributed by atoms with Crippen LogP contribution in [0, 0.1) is 11.3 Å². The molecule has 6 heteroatoms. The van der Waals surface area contributed by atoms with E-state index in [4.69, 9.17) is 9.40 Å². The maximum absolute atomic E-state index is 12.9. The zero-order valence-corrected chi connectivity index (χ0v) is 17.8. The molecule has 1 saturated heterocycles. The van der Waals surface area contributed by atoms with E-state index in [1.165, 1.54) is 0 Å². The predicted molar refractivity (Wildman–Crippen MR) is 121 cm³/mol. The van der Waals surface area contributed by atoms with Crippen LogP contribution in [0.4, 0.5) is 5.69 Å². The van der Waals surface area contributed by atoms with Crippen molar-refractivity contribution < 1.29 is 4.42 Å². The lowest BCUT2D eigenvalue weighted by Gasteiger charge is -2.40. The molecule has 2 aromatic carbocycles. The monoisotopic (exact) mass is 412 g/mol. The third kappa shape index (κ3) is 2.92. The number of oxazole rings is 1. The normalized spacial score (nSPS) is 16.0. The average molecular weight is 412 g/mol. The highest BCUT2D eigenvalue weighted by atomic mass is 16.3. The van der Waals surface area contributed by atoms with Gasteiger partial charge >= 0.3 is 0 Å². The number of fused-ring (bicyclic) bond motifs is 2. The fourth-order valence-corrected chi connectivity index (χ4v) is 4.88. The van der Waals surface area contributed by atoms with Gasteiger partial charge in [0.05, 0.1) is 16.6 Å². The van der Waals surface area contributed by atoms with E-state index < -0.39 is 0 Å². The average Bonchev–Trinajstić information content (AvgIpc) is 3.26.